The molecule has 2 fully saturated rings. The standard InChI is InChI=1S/C23H26N6O/c1-14-11-28(21-5-6-25-22-20(21)10-26-27(22)2)12-15-3-4-17(7-18(14)15)29-13-16-8-24-9-19(16)23(29)30/h3-7,10,14,16,19,24H,8-9,11-13H2,1-2H3/t14-,16?,19?/m0/s1. The summed E-state index contributed by atoms with van der Waals surface area (Å²) < 4.78 is 1.82. The molecular formula is C23H26N6O. The third kappa shape index (κ3) is 2.58. The number of nitrogens with one attached hydrogen (secondary N) is 1. The van der Waals surface area contributed by atoms with Gasteiger partial charge in [-0.1, -0.05) is 13.0 Å². The van der Waals surface area contributed by atoms with Crippen molar-refractivity contribution in [2.45, 2.75) is 19.4 Å². The summed E-state index contributed by atoms with van der Waals surface area (Å²) in [5.41, 5.74) is 5.86. The Balaban J connectivity index is 1.31. The summed E-state index contributed by atoms with van der Waals surface area (Å²) >= 11 is 0. The van der Waals surface area contributed by atoms with Crippen molar-refractivity contribution >= 4 is 28.3 Å². The fourth-order valence-corrected chi connectivity index (χ4v) is 5.52. The number of carbonyl (C=O) groups is 1. The Labute approximate surface area is 175 Å². The van der Waals surface area contributed by atoms with Crippen molar-refractivity contribution < 1.29 is 4.79 Å². The van der Waals surface area contributed by atoms with Gasteiger partial charge in [-0.15, -0.1) is 0 Å². The van der Waals surface area contributed by atoms with E-state index in [0.717, 1.165) is 49.4 Å². The average Bonchev–Trinajstić information content (AvgIpc) is 3.45. The van der Waals surface area contributed by atoms with Crippen LogP contribution in [0, 0.1) is 11.8 Å². The highest BCUT2D eigenvalue weighted by Crippen LogP contribution is 2.38. The summed E-state index contributed by atoms with van der Waals surface area (Å²) in [6.45, 7) is 6.69. The summed E-state index contributed by atoms with van der Waals surface area (Å²) in [6, 6.07) is 8.70. The number of benzene rings is 1. The number of amides is 1. The molecule has 2 saturated heterocycles. The topological polar surface area (TPSA) is 66.3 Å². The lowest BCUT2D eigenvalue weighted by atomic mass is 9.90. The number of hydrogen-bond donors (Lipinski definition) is 1. The van der Waals surface area contributed by atoms with Crippen LogP contribution in [0.4, 0.5) is 11.4 Å². The predicted octanol–water partition coefficient (Wildman–Crippen LogP) is 2.27. The maximum Gasteiger partial charge on any atom is 0.231 e. The normalized spacial score (nSPS) is 25.8. The number of pyridine rings is 1. The minimum absolute atomic E-state index is 0.155. The van der Waals surface area contributed by atoms with Crippen molar-refractivity contribution in [2.24, 2.45) is 18.9 Å². The number of nitrogens with zero attached hydrogens (tertiary/aromatic N) is 5. The first kappa shape index (κ1) is 17.9. The zero-order valence-electron chi connectivity index (χ0n) is 17.4. The summed E-state index contributed by atoms with van der Waals surface area (Å²) in [7, 11) is 1.93. The summed E-state index contributed by atoms with van der Waals surface area (Å²) in [5.74, 6) is 1.27. The molecule has 3 atom stereocenters. The predicted molar refractivity (Wildman–Crippen MR) is 117 cm³/mol. The van der Waals surface area contributed by atoms with Crippen LogP contribution in [0.1, 0.15) is 24.0 Å². The molecule has 3 aromatic rings. The van der Waals surface area contributed by atoms with Gasteiger partial charge in [-0.2, -0.15) is 5.10 Å². The number of aryl methyl sites for hydroxylation is 1. The molecule has 7 heteroatoms. The largest absolute Gasteiger partial charge is 0.366 e. The van der Waals surface area contributed by atoms with Crippen molar-refractivity contribution in [3.05, 3.63) is 47.8 Å². The molecule has 1 N–H and O–H groups in total. The van der Waals surface area contributed by atoms with Crippen molar-refractivity contribution in [1.29, 1.82) is 0 Å². The maximum absolute atomic E-state index is 12.9. The molecule has 7 nitrogen and oxygen atoms in total. The van der Waals surface area contributed by atoms with Crippen LogP contribution in [0.3, 0.4) is 0 Å². The molecule has 2 unspecified atom stereocenters. The van der Waals surface area contributed by atoms with E-state index < -0.39 is 0 Å². The highest BCUT2D eigenvalue weighted by molar-refractivity contribution is 5.98. The van der Waals surface area contributed by atoms with Crippen LogP contribution < -0.4 is 15.1 Å². The molecule has 6 rings (SSSR count). The van der Waals surface area contributed by atoms with Gasteiger partial charge in [-0.25, -0.2) is 4.98 Å². The molecule has 0 spiro atoms. The van der Waals surface area contributed by atoms with Gasteiger partial charge in [-0.3, -0.25) is 9.48 Å². The van der Waals surface area contributed by atoms with Gasteiger partial charge < -0.3 is 15.1 Å². The van der Waals surface area contributed by atoms with E-state index >= 15 is 0 Å². The van der Waals surface area contributed by atoms with Gasteiger partial charge in [0.25, 0.3) is 0 Å². The van der Waals surface area contributed by atoms with E-state index in [0.29, 0.717) is 11.8 Å². The van der Waals surface area contributed by atoms with E-state index in [1.807, 2.05) is 29.0 Å². The zero-order chi connectivity index (χ0) is 20.4. The first-order valence-corrected chi connectivity index (χ1v) is 10.8. The molecule has 30 heavy (non-hydrogen) atoms. The average molecular weight is 403 g/mol. The fourth-order valence-electron chi connectivity index (χ4n) is 5.52. The van der Waals surface area contributed by atoms with Gasteiger partial charge >= 0.3 is 0 Å². The van der Waals surface area contributed by atoms with Crippen LogP contribution in [0.5, 0.6) is 0 Å². The summed E-state index contributed by atoms with van der Waals surface area (Å²) in [4.78, 5) is 21.8. The third-order valence-electron chi connectivity index (χ3n) is 7.12. The lowest BCUT2D eigenvalue weighted by molar-refractivity contribution is -0.120. The van der Waals surface area contributed by atoms with E-state index in [1.54, 1.807) is 0 Å². The van der Waals surface area contributed by atoms with E-state index in [2.05, 4.69) is 51.5 Å². The van der Waals surface area contributed by atoms with Gasteiger partial charge in [0.05, 0.1) is 23.2 Å². The van der Waals surface area contributed by atoms with Gasteiger partial charge in [0, 0.05) is 57.6 Å². The van der Waals surface area contributed by atoms with Crippen LogP contribution in [0.15, 0.2) is 36.7 Å². The second-order valence-electron chi connectivity index (χ2n) is 8.97. The number of hydrogen-bond acceptors (Lipinski definition) is 5. The SMILES string of the molecule is C[C@H]1CN(c2ccnc3c2cnn3C)Cc2ccc(N3CC4CNCC4C3=O)cc21. The molecule has 0 aliphatic carbocycles. The summed E-state index contributed by atoms with van der Waals surface area (Å²) in [5, 5.41) is 8.83. The highest BCUT2D eigenvalue weighted by atomic mass is 16.2. The van der Waals surface area contributed by atoms with E-state index in [1.165, 1.54) is 16.8 Å². The molecule has 5 heterocycles. The Kier molecular flexibility index (Phi) is 3.90. The van der Waals surface area contributed by atoms with Gasteiger partial charge in [0.15, 0.2) is 5.65 Å². The molecule has 1 amide bonds. The highest BCUT2D eigenvalue weighted by Gasteiger charge is 2.43. The Morgan fingerprint density at radius 1 is 1.17 bits per heavy atom. The quantitative estimate of drug-likeness (QED) is 0.712. The second-order valence-corrected chi connectivity index (χ2v) is 8.97. The Hall–Kier alpha value is -2.93. The van der Waals surface area contributed by atoms with Crippen molar-refractivity contribution in [1.82, 2.24) is 20.1 Å². The molecule has 3 aliphatic rings. The van der Waals surface area contributed by atoms with Crippen LogP contribution in [-0.2, 0) is 18.4 Å². The first-order chi connectivity index (χ1) is 14.6. The second kappa shape index (κ2) is 6.54. The Bertz CT molecular complexity index is 1150. The molecule has 0 radical (unpaired) electrons. The van der Waals surface area contributed by atoms with E-state index in [-0.39, 0.29) is 11.8 Å². The lowest BCUT2D eigenvalue weighted by Gasteiger charge is -2.35. The molecule has 3 aliphatic heterocycles. The zero-order valence-corrected chi connectivity index (χ0v) is 17.4. The Morgan fingerprint density at radius 3 is 2.93 bits per heavy atom. The van der Waals surface area contributed by atoms with Gasteiger partial charge in [0.2, 0.25) is 5.91 Å². The smallest absolute Gasteiger partial charge is 0.231 e. The molecule has 154 valence electrons. The minimum atomic E-state index is 0.155. The van der Waals surface area contributed by atoms with Crippen LogP contribution in [0.25, 0.3) is 11.0 Å². The van der Waals surface area contributed by atoms with Crippen LogP contribution in [0.2, 0.25) is 0 Å². The van der Waals surface area contributed by atoms with Crippen LogP contribution >= 0.6 is 0 Å². The van der Waals surface area contributed by atoms with Crippen LogP contribution in [-0.4, -0.2) is 46.9 Å². The summed E-state index contributed by atoms with van der Waals surface area (Å²) in [6.07, 6.45) is 3.78. The fraction of sp³-hybridized carbons (Fsp3) is 0.435. The number of rotatable bonds is 2. The van der Waals surface area contributed by atoms with E-state index in [4.69, 9.17) is 0 Å². The van der Waals surface area contributed by atoms with Crippen molar-refractivity contribution in [3.63, 3.8) is 0 Å². The number of aromatic nitrogens is 3. The molecule has 2 aromatic heterocycles. The van der Waals surface area contributed by atoms with E-state index in [9.17, 15) is 4.79 Å². The minimum Gasteiger partial charge on any atom is -0.366 e. The maximum atomic E-state index is 12.9. The first-order valence-electron chi connectivity index (χ1n) is 10.8. The van der Waals surface area contributed by atoms with Crippen molar-refractivity contribution in [2.75, 3.05) is 36.0 Å². The molecular weight excluding hydrogens is 376 g/mol. The van der Waals surface area contributed by atoms with Crippen molar-refractivity contribution in [3.8, 4) is 0 Å². The number of fused-ring (bicyclic) bond motifs is 3. The van der Waals surface area contributed by atoms with Gasteiger partial charge in [-0.05, 0) is 35.2 Å². The number of carbonyl (C=O) groups excluding carboxylic acids is 1. The monoisotopic (exact) mass is 402 g/mol. The Morgan fingerprint density at radius 2 is 2.07 bits per heavy atom. The number of anilines is 2. The lowest BCUT2D eigenvalue weighted by Crippen LogP contribution is -2.34. The third-order valence-corrected chi connectivity index (χ3v) is 7.12. The molecule has 1 aromatic carbocycles. The molecule has 0 bridgehead atoms. The molecule has 0 saturated carbocycles. The van der Waals surface area contributed by atoms with Gasteiger partial charge in [0.1, 0.15) is 0 Å².